The normalized spacial score (nSPS) is 13.9. The van der Waals surface area contributed by atoms with Gasteiger partial charge in [-0.3, -0.25) is 0 Å². The van der Waals surface area contributed by atoms with Gasteiger partial charge in [0, 0.05) is 15.2 Å². The third-order valence-electron chi connectivity index (χ3n) is 2.94. The van der Waals surface area contributed by atoms with Gasteiger partial charge < -0.3 is 0 Å². The maximum Gasteiger partial charge on any atom is 0.0484 e. The number of hydrogen-bond acceptors (Lipinski definition) is 0. The number of fused-ring (bicyclic) bond motifs is 1. The SMILES string of the molecule is CC(C)(C)C(Br)c1ccc(Cl)c2ccccc12. The van der Waals surface area contributed by atoms with Crippen LogP contribution in [-0.4, -0.2) is 0 Å². The van der Waals surface area contributed by atoms with Gasteiger partial charge in [-0.25, -0.2) is 0 Å². The fourth-order valence-electron chi connectivity index (χ4n) is 1.97. The van der Waals surface area contributed by atoms with Crippen LogP contribution in [-0.2, 0) is 0 Å². The minimum atomic E-state index is 0.177. The van der Waals surface area contributed by atoms with Gasteiger partial charge in [-0.05, 0) is 22.4 Å². The highest BCUT2D eigenvalue weighted by atomic mass is 79.9. The minimum Gasteiger partial charge on any atom is -0.0837 e. The molecular formula is C15H16BrCl. The van der Waals surface area contributed by atoms with Crippen LogP contribution in [0.5, 0.6) is 0 Å². The Balaban J connectivity index is 2.67. The maximum absolute atomic E-state index is 6.23. The summed E-state index contributed by atoms with van der Waals surface area (Å²) in [6, 6.07) is 12.4. The Morgan fingerprint density at radius 3 is 2.18 bits per heavy atom. The lowest BCUT2D eigenvalue weighted by atomic mass is 9.86. The molecule has 0 fully saturated rings. The van der Waals surface area contributed by atoms with Crippen LogP contribution in [0.25, 0.3) is 10.8 Å². The van der Waals surface area contributed by atoms with Crippen LogP contribution >= 0.6 is 27.5 Å². The molecule has 0 saturated heterocycles. The van der Waals surface area contributed by atoms with Crippen LogP contribution in [0.15, 0.2) is 36.4 Å². The number of halogens is 2. The second kappa shape index (κ2) is 4.62. The van der Waals surface area contributed by atoms with E-state index in [2.05, 4.69) is 61.0 Å². The number of rotatable bonds is 1. The zero-order valence-corrected chi connectivity index (χ0v) is 12.6. The quantitative estimate of drug-likeness (QED) is 0.569. The first-order chi connectivity index (χ1) is 7.91. The lowest BCUT2D eigenvalue weighted by molar-refractivity contribution is 0.409. The van der Waals surface area contributed by atoms with Crippen LogP contribution < -0.4 is 0 Å². The Bertz CT molecular complexity index is 540. The van der Waals surface area contributed by atoms with E-state index in [4.69, 9.17) is 11.6 Å². The van der Waals surface area contributed by atoms with Gasteiger partial charge in [-0.1, -0.05) is 78.6 Å². The largest absolute Gasteiger partial charge is 0.0837 e. The van der Waals surface area contributed by atoms with Gasteiger partial charge >= 0.3 is 0 Å². The summed E-state index contributed by atoms with van der Waals surface area (Å²) in [5.74, 6) is 0. The Kier molecular flexibility index (Phi) is 3.51. The van der Waals surface area contributed by atoms with Gasteiger partial charge in [0.05, 0.1) is 0 Å². The summed E-state index contributed by atoms with van der Waals surface area (Å²) < 4.78 is 0. The molecule has 2 aromatic carbocycles. The van der Waals surface area contributed by atoms with Crippen molar-refractivity contribution in [1.29, 1.82) is 0 Å². The molecule has 0 aliphatic heterocycles. The molecule has 17 heavy (non-hydrogen) atoms. The first-order valence-corrected chi connectivity index (χ1v) is 7.02. The summed E-state index contributed by atoms with van der Waals surface area (Å²) in [7, 11) is 0. The molecule has 0 saturated carbocycles. The van der Waals surface area contributed by atoms with Crippen LogP contribution in [0.2, 0.25) is 5.02 Å². The van der Waals surface area contributed by atoms with Crippen molar-refractivity contribution in [3.05, 3.63) is 47.0 Å². The first-order valence-electron chi connectivity index (χ1n) is 5.72. The molecule has 0 amide bonds. The first kappa shape index (κ1) is 12.9. The Labute approximate surface area is 116 Å². The Morgan fingerprint density at radius 1 is 1.00 bits per heavy atom. The van der Waals surface area contributed by atoms with E-state index in [-0.39, 0.29) is 5.41 Å². The lowest BCUT2D eigenvalue weighted by Crippen LogP contribution is -2.13. The summed E-state index contributed by atoms with van der Waals surface area (Å²) in [4.78, 5) is 0.317. The molecule has 0 nitrogen and oxygen atoms in total. The molecule has 0 aliphatic carbocycles. The van der Waals surface area contributed by atoms with E-state index in [1.165, 1.54) is 10.9 Å². The van der Waals surface area contributed by atoms with Crippen LogP contribution in [0, 0.1) is 5.41 Å². The topological polar surface area (TPSA) is 0 Å². The highest BCUT2D eigenvalue weighted by molar-refractivity contribution is 9.09. The summed E-state index contributed by atoms with van der Waals surface area (Å²) in [6.07, 6.45) is 0. The molecule has 1 unspecified atom stereocenters. The fourth-order valence-corrected chi connectivity index (χ4v) is 2.60. The molecule has 0 N–H and O–H groups in total. The summed E-state index contributed by atoms with van der Waals surface area (Å²) in [5, 5.41) is 3.18. The highest BCUT2D eigenvalue weighted by Gasteiger charge is 2.25. The van der Waals surface area contributed by atoms with E-state index >= 15 is 0 Å². The third kappa shape index (κ3) is 2.51. The van der Waals surface area contributed by atoms with Crippen molar-refractivity contribution in [2.24, 2.45) is 5.41 Å². The molecule has 90 valence electrons. The minimum absolute atomic E-state index is 0.177. The Hall–Kier alpha value is -0.530. The zero-order chi connectivity index (χ0) is 12.6. The van der Waals surface area contributed by atoms with E-state index in [1.807, 2.05) is 12.1 Å². The zero-order valence-electron chi connectivity index (χ0n) is 10.3. The monoisotopic (exact) mass is 310 g/mol. The van der Waals surface area contributed by atoms with Crippen LogP contribution in [0.1, 0.15) is 31.2 Å². The summed E-state index contributed by atoms with van der Waals surface area (Å²) in [5.41, 5.74) is 1.48. The van der Waals surface area contributed by atoms with Crippen LogP contribution in [0.3, 0.4) is 0 Å². The fraction of sp³-hybridized carbons (Fsp3) is 0.333. The number of hydrogen-bond donors (Lipinski definition) is 0. The molecule has 0 spiro atoms. The second-order valence-corrected chi connectivity index (χ2v) is 6.73. The molecule has 2 heteroatoms. The van der Waals surface area contributed by atoms with Gasteiger partial charge in [-0.2, -0.15) is 0 Å². The maximum atomic E-state index is 6.23. The van der Waals surface area contributed by atoms with E-state index in [0.717, 1.165) is 10.4 Å². The van der Waals surface area contributed by atoms with Gasteiger partial charge in [0.2, 0.25) is 0 Å². The molecule has 0 aliphatic rings. The van der Waals surface area contributed by atoms with Gasteiger partial charge in [0.25, 0.3) is 0 Å². The van der Waals surface area contributed by atoms with Crippen molar-refractivity contribution in [1.82, 2.24) is 0 Å². The van der Waals surface area contributed by atoms with Crippen molar-refractivity contribution in [2.75, 3.05) is 0 Å². The van der Waals surface area contributed by atoms with Crippen molar-refractivity contribution >= 4 is 38.3 Å². The smallest absolute Gasteiger partial charge is 0.0484 e. The molecule has 2 rings (SSSR count). The molecule has 0 heterocycles. The average Bonchev–Trinajstić information content (AvgIpc) is 2.28. The van der Waals surface area contributed by atoms with E-state index in [9.17, 15) is 0 Å². The van der Waals surface area contributed by atoms with E-state index in [1.54, 1.807) is 0 Å². The number of alkyl halides is 1. The van der Waals surface area contributed by atoms with E-state index in [0.29, 0.717) is 4.83 Å². The standard InChI is InChI=1S/C15H16BrCl/c1-15(2,3)14(16)12-8-9-13(17)11-7-5-4-6-10(11)12/h4-9,14H,1-3H3. The second-order valence-electron chi connectivity index (χ2n) is 5.41. The highest BCUT2D eigenvalue weighted by Crippen LogP contribution is 2.43. The molecular weight excluding hydrogens is 296 g/mol. The van der Waals surface area contributed by atoms with Crippen molar-refractivity contribution < 1.29 is 0 Å². The summed E-state index contributed by atoms with van der Waals surface area (Å²) >= 11 is 10.0. The van der Waals surface area contributed by atoms with Gasteiger partial charge in [0.15, 0.2) is 0 Å². The lowest BCUT2D eigenvalue weighted by Gasteiger charge is -2.27. The predicted octanol–water partition coefficient (Wildman–Crippen LogP) is 5.98. The molecule has 0 aromatic heterocycles. The number of benzene rings is 2. The van der Waals surface area contributed by atoms with Crippen molar-refractivity contribution in [3.8, 4) is 0 Å². The molecule has 2 aromatic rings. The van der Waals surface area contributed by atoms with Crippen molar-refractivity contribution in [3.63, 3.8) is 0 Å². The Morgan fingerprint density at radius 2 is 1.59 bits per heavy atom. The molecule has 0 radical (unpaired) electrons. The molecule has 1 atom stereocenters. The van der Waals surface area contributed by atoms with Gasteiger partial charge in [0.1, 0.15) is 0 Å². The summed E-state index contributed by atoms with van der Waals surface area (Å²) in [6.45, 7) is 6.70. The average molecular weight is 312 g/mol. The van der Waals surface area contributed by atoms with E-state index < -0.39 is 0 Å². The predicted molar refractivity (Wildman–Crippen MR) is 80.1 cm³/mol. The van der Waals surface area contributed by atoms with Crippen molar-refractivity contribution in [2.45, 2.75) is 25.6 Å². The van der Waals surface area contributed by atoms with Crippen LogP contribution in [0.4, 0.5) is 0 Å². The molecule has 0 bridgehead atoms. The van der Waals surface area contributed by atoms with Gasteiger partial charge in [-0.15, -0.1) is 0 Å². The third-order valence-corrected chi connectivity index (χ3v) is 5.13.